The zero-order chi connectivity index (χ0) is 25.4. The summed E-state index contributed by atoms with van der Waals surface area (Å²) >= 11 is 6.33. The zero-order valence-electron chi connectivity index (χ0n) is 19.9. The van der Waals surface area contributed by atoms with Crippen LogP contribution in [0.2, 0.25) is 5.02 Å². The number of hydrazone groups is 1. The molecule has 0 radical (unpaired) electrons. The molecule has 0 amide bonds. The van der Waals surface area contributed by atoms with Crippen LogP contribution in [-0.2, 0) is 6.54 Å². The molecule has 2 aliphatic rings. The van der Waals surface area contributed by atoms with Crippen molar-refractivity contribution in [3.63, 3.8) is 0 Å². The predicted octanol–water partition coefficient (Wildman–Crippen LogP) is 5.53. The van der Waals surface area contributed by atoms with Crippen molar-refractivity contribution in [1.29, 1.82) is 0 Å². The number of hydrogen-bond donors (Lipinski definition) is 3. The van der Waals surface area contributed by atoms with E-state index in [9.17, 15) is 8.78 Å². The molecule has 190 valence electrons. The molecule has 37 heavy (non-hydrogen) atoms. The molecule has 0 atom stereocenters. The van der Waals surface area contributed by atoms with Crippen LogP contribution < -0.4 is 21.2 Å². The van der Waals surface area contributed by atoms with Gasteiger partial charge in [0.1, 0.15) is 11.6 Å². The van der Waals surface area contributed by atoms with Crippen molar-refractivity contribution in [2.45, 2.75) is 32.2 Å². The molecule has 1 aliphatic carbocycles. The fourth-order valence-electron chi connectivity index (χ4n) is 4.96. The lowest BCUT2D eigenvalue weighted by atomic mass is 10.1. The van der Waals surface area contributed by atoms with Crippen molar-refractivity contribution in [3.05, 3.63) is 82.4 Å². The number of imidazole rings is 1. The predicted molar refractivity (Wildman–Crippen MR) is 139 cm³/mol. The minimum atomic E-state index is -0.936. The van der Waals surface area contributed by atoms with Gasteiger partial charge in [-0.2, -0.15) is 0 Å². The Kier molecular flexibility index (Phi) is 6.40. The monoisotopic (exact) mass is 522 g/mol. The fraction of sp³-hybridized carbons (Fsp3) is 0.259. The highest BCUT2D eigenvalue weighted by atomic mass is 35.5. The maximum absolute atomic E-state index is 14.3. The first-order chi connectivity index (χ1) is 18.0. The van der Waals surface area contributed by atoms with Gasteiger partial charge in [0.2, 0.25) is 0 Å². The smallest absolute Gasteiger partial charge is 0.170 e. The van der Waals surface area contributed by atoms with Crippen molar-refractivity contribution in [2.24, 2.45) is 11.0 Å². The summed E-state index contributed by atoms with van der Waals surface area (Å²) in [5.41, 5.74) is 11.7. The van der Waals surface area contributed by atoms with Gasteiger partial charge >= 0.3 is 0 Å². The van der Waals surface area contributed by atoms with Crippen molar-refractivity contribution in [3.8, 4) is 17.1 Å². The van der Waals surface area contributed by atoms with Gasteiger partial charge in [-0.25, -0.2) is 19.3 Å². The summed E-state index contributed by atoms with van der Waals surface area (Å²) in [7, 11) is 0. The number of nitrogens with zero attached hydrogens (tertiary/aromatic N) is 3. The first-order valence-corrected chi connectivity index (χ1v) is 12.6. The van der Waals surface area contributed by atoms with E-state index < -0.39 is 11.6 Å². The quantitative estimate of drug-likeness (QED) is 0.298. The maximum Gasteiger partial charge on any atom is 0.170 e. The summed E-state index contributed by atoms with van der Waals surface area (Å²) in [6.07, 6.45) is 4.74. The van der Waals surface area contributed by atoms with Gasteiger partial charge in [0, 0.05) is 29.3 Å². The molecule has 6 rings (SSSR count). The second kappa shape index (κ2) is 9.99. The summed E-state index contributed by atoms with van der Waals surface area (Å²) in [6.45, 7) is 0.984. The third-order valence-electron chi connectivity index (χ3n) is 6.90. The van der Waals surface area contributed by atoms with E-state index in [1.807, 2.05) is 34.9 Å². The lowest BCUT2D eigenvalue weighted by Crippen LogP contribution is -2.35. The number of amidine groups is 1. The number of nitrogens with one attached hydrogen (secondary N) is 3. The van der Waals surface area contributed by atoms with Crippen LogP contribution >= 0.6 is 11.6 Å². The van der Waals surface area contributed by atoms with Crippen molar-refractivity contribution >= 4 is 28.5 Å². The lowest BCUT2D eigenvalue weighted by Gasteiger charge is -2.16. The molecule has 0 bridgehead atoms. The van der Waals surface area contributed by atoms with Gasteiger partial charge in [-0.15, -0.1) is 10.6 Å². The van der Waals surface area contributed by atoms with Gasteiger partial charge < -0.3 is 9.30 Å². The minimum absolute atomic E-state index is 0.365. The lowest BCUT2D eigenvalue weighted by molar-refractivity contribution is 0.253. The topological polar surface area (TPSA) is 75.5 Å². The molecule has 4 aromatic rings. The van der Waals surface area contributed by atoms with Crippen molar-refractivity contribution < 1.29 is 13.5 Å². The van der Waals surface area contributed by atoms with Crippen LogP contribution in [0.25, 0.3) is 22.4 Å². The van der Waals surface area contributed by atoms with E-state index in [1.165, 1.54) is 18.9 Å². The number of ether oxygens (including phenoxy) is 1. The molecule has 0 saturated heterocycles. The normalized spacial score (nSPS) is 15.6. The Bertz CT molecular complexity index is 1480. The van der Waals surface area contributed by atoms with Crippen LogP contribution in [0.4, 0.5) is 8.78 Å². The number of aromatic nitrogens is 2. The van der Waals surface area contributed by atoms with Crippen molar-refractivity contribution in [1.82, 2.24) is 26.0 Å². The number of fused-ring (bicyclic) bond motifs is 1. The number of halogens is 3. The molecular formula is C27H25ClF2N6O. The number of hydrogen-bond acceptors (Lipinski definition) is 6. The highest BCUT2D eigenvalue weighted by Gasteiger charge is 2.21. The summed E-state index contributed by atoms with van der Waals surface area (Å²) in [4.78, 5) is 4.72. The van der Waals surface area contributed by atoms with Crippen LogP contribution in [0.15, 0.2) is 59.7 Å². The van der Waals surface area contributed by atoms with Crippen LogP contribution in [0, 0.1) is 17.6 Å². The Balaban J connectivity index is 1.40. The number of hydrazine groups is 2. The summed E-state index contributed by atoms with van der Waals surface area (Å²) < 4.78 is 36.6. The highest BCUT2D eigenvalue weighted by Crippen LogP contribution is 2.36. The second-order valence-electron chi connectivity index (χ2n) is 9.40. The van der Waals surface area contributed by atoms with Crippen LogP contribution in [0.3, 0.4) is 0 Å². The zero-order valence-corrected chi connectivity index (χ0v) is 20.7. The Morgan fingerprint density at radius 2 is 1.78 bits per heavy atom. The molecule has 0 spiro atoms. The SMILES string of the molecule is Fc1cc2nc(-c3ccc(Cl)cc3OCC3CCCC3)n(Cc3ccc(C4=NNNN4)cc3)c2cc1F. The van der Waals surface area contributed by atoms with Gasteiger partial charge in [0.25, 0.3) is 0 Å². The first-order valence-electron chi connectivity index (χ1n) is 12.3. The van der Waals surface area contributed by atoms with Gasteiger partial charge in [-0.1, -0.05) is 48.7 Å². The fourth-order valence-corrected chi connectivity index (χ4v) is 5.12. The van der Waals surface area contributed by atoms with E-state index in [2.05, 4.69) is 21.6 Å². The van der Waals surface area contributed by atoms with Gasteiger partial charge in [0.05, 0.1) is 23.2 Å². The third-order valence-corrected chi connectivity index (χ3v) is 7.13. The molecule has 0 unspecified atom stereocenters. The molecule has 1 aliphatic heterocycles. The molecule has 7 nitrogen and oxygen atoms in total. The molecule has 1 aromatic heterocycles. The Hall–Kier alpha value is -3.69. The Morgan fingerprint density at radius 1 is 1.00 bits per heavy atom. The van der Waals surface area contributed by atoms with Gasteiger partial charge in [-0.3, -0.25) is 5.43 Å². The molecule has 3 aromatic carbocycles. The molecule has 2 heterocycles. The molecule has 1 fully saturated rings. The van der Waals surface area contributed by atoms with Gasteiger partial charge in [-0.05, 0) is 42.5 Å². The van der Waals surface area contributed by atoms with Crippen molar-refractivity contribution in [2.75, 3.05) is 6.61 Å². The van der Waals surface area contributed by atoms with Crippen LogP contribution in [0.1, 0.15) is 36.8 Å². The summed E-state index contributed by atoms with van der Waals surface area (Å²) in [5.74, 6) is 0.485. The molecular weight excluding hydrogens is 498 g/mol. The van der Waals surface area contributed by atoms with Crippen LogP contribution in [-0.4, -0.2) is 22.0 Å². The Labute approximate surface area is 217 Å². The third kappa shape index (κ3) is 4.84. The van der Waals surface area contributed by atoms with Crippen LogP contribution in [0.5, 0.6) is 5.75 Å². The van der Waals surface area contributed by atoms with E-state index in [-0.39, 0.29) is 0 Å². The number of rotatable bonds is 7. The standard InChI is InChI=1S/C27H25ClF2N6O/c28-19-9-10-20(25(11-19)37-15-17-3-1-2-4-17)27-31-23-12-21(29)22(30)13-24(23)36(27)14-16-5-7-18(8-6-16)26-32-34-35-33-26/h5-13,17,34-35H,1-4,14-15H2,(H,32,33). The number of benzene rings is 3. The average Bonchev–Trinajstić information content (AvgIpc) is 3.67. The molecule has 1 saturated carbocycles. The second-order valence-corrected chi connectivity index (χ2v) is 9.83. The summed E-state index contributed by atoms with van der Waals surface area (Å²) in [6, 6.07) is 15.5. The van der Waals surface area contributed by atoms with E-state index in [4.69, 9.17) is 21.3 Å². The van der Waals surface area contributed by atoms with Gasteiger partial charge in [0.15, 0.2) is 17.5 Å². The van der Waals surface area contributed by atoms with E-state index in [0.29, 0.717) is 52.5 Å². The highest BCUT2D eigenvalue weighted by molar-refractivity contribution is 6.30. The maximum atomic E-state index is 14.3. The molecule has 10 heteroatoms. The molecule has 3 N–H and O–H groups in total. The summed E-state index contributed by atoms with van der Waals surface area (Å²) in [5, 5.41) is 4.66. The largest absolute Gasteiger partial charge is 0.492 e. The van der Waals surface area contributed by atoms with E-state index >= 15 is 0 Å². The first kappa shape index (κ1) is 23.7. The van der Waals surface area contributed by atoms with E-state index in [0.717, 1.165) is 35.6 Å². The Morgan fingerprint density at radius 3 is 2.54 bits per heavy atom. The minimum Gasteiger partial charge on any atom is -0.492 e. The van der Waals surface area contributed by atoms with E-state index in [1.54, 1.807) is 12.1 Å². The average molecular weight is 523 g/mol.